The number of hydrogen-bond donors (Lipinski definition) is 0. The van der Waals surface area contributed by atoms with Crippen LogP contribution < -0.4 is 9.67 Å². The number of pyridine rings is 1. The smallest absolute Gasteiger partial charge is 0.451 e. The molecule has 2 aromatic heterocycles. The van der Waals surface area contributed by atoms with Crippen LogP contribution in [-0.2, 0) is 12.4 Å². The van der Waals surface area contributed by atoms with E-state index in [0.717, 1.165) is 12.4 Å². The molecule has 0 atom stereocenters. The number of hydrogen-bond acceptors (Lipinski definition) is 3. The van der Waals surface area contributed by atoms with Gasteiger partial charge in [0.1, 0.15) is 0 Å². The van der Waals surface area contributed by atoms with E-state index in [0.29, 0.717) is 4.57 Å². The quantitative estimate of drug-likeness (QED) is 0.597. The molecule has 0 aliphatic heterocycles. The average Bonchev–Trinajstić information content (AvgIpc) is 2.36. The first-order valence-corrected chi connectivity index (χ1v) is 5.31. The Bertz CT molecular complexity index is 653. The minimum absolute atomic E-state index is 0.714. The summed E-state index contributed by atoms with van der Waals surface area (Å²) in [6, 6.07) is 4.06. The zero-order valence-electron chi connectivity index (χ0n) is 9.90. The molecule has 0 spiro atoms. The van der Waals surface area contributed by atoms with Gasteiger partial charge in [0.05, 0.1) is 5.88 Å². The van der Waals surface area contributed by atoms with Crippen molar-refractivity contribution in [2.24, 2.45) is 0 Å². The van der Waals surface area contributed by atoms with E-state index in [-0.39, 0.29) is 0 Å². The van der Waals surface area contributed by atoms with Crippen molar-refractivity contribution in [3.8, 4) is 11.6 Å². The van der Waals surface area contributed by atoms with Crippen LogP contribution in [0.4, 0.5) is 26.3 Å². The van der Waals surface area contributed by atoms with Gasteiger partial charge in [-0.1, -0.05) is 6.07 Å². The van der Waals surface area contributed by atoms with Crippen LogP contribution in [0, 0.1) is 0 Å². The van der Waals surface area contributed by atoms with Crippen LogP contribution in [0.5, 0.6) is 5.88 Å². The topological polar surface area (TPSA) is 52.7 Å². The van der Waals surface area contributed by atoms with E-state index in [2.05, 4.69) is 9.97 Å². The lowest BCUT2D eigenvalue weighted by molar-refractivity contribution is -0.602. The summed E-state index contributed by atoms with van der Waals surface area (Å²) in [5.41, 5.74) is -3.03. The highest BCUT2D eigenvalue weighted by Crippen LogP contribution is 2.36. The third kappa shape index (κ3) is 3.03. The highest BCUT2D eigenvalue weighted by Gasteiger charge is 2.44. The highest BCUT2D eigenvalue weighted by molar-refractivity contribution is 5.38. The highest BCUT2D eigenvalue weighted by atomic mass is 19.4. The summed E-state index contributed by atoms with van der Waals surface area (Å²) in [6.07, 6.45) is -8.34. The van der Waals surface area contributed by atoms with Crippen LogP contribution in [0.1, 0.15) is 11.5 Å². The minimum atomic E-state index is -5.25. The number of aromatic nitrogens is 3. The summed E-state index contributed by atoms with van der Waals surface area (Å²) in [7, 11) is 0. The molecule has 2 heterocycles. The Morgan fingerprint density at radius 3 is 1.90 bits per heavy atom. The van der Waals surface area contributed by atoms with Gasteiger partial charge in [-0.2, -0.15) is 30.9 Å². The lowest BCUT2D eigenvalue weighted by Gasteiger charge is -2.16. The molecule has 0 saturated heterocycles. The Hall–Kier alpha value is -2.39. The van der Waals surface area contributed by atoms with Crippen molar-refractivity contribution in [1.82, 2.24) is 9.97 Å². The van der Waals surface area contributed by atoms with Gasteiger partial charge in [0, 0.05) is 12.1 Å². The third-order valence-corrected chi connectivity index (χ3v) is 2.35. The van der Waals surface area contributed by atoms with Crippen molar-refractivity contribution >= 4 is 0 Å². The first kappa shape index (κ1) is 15.0. The normalized spacial score (nSPS) is 12.5. The Balaban J connectivity index is 2.77. The van der Waals surface area contributed by atoms with Gasteiger partial charge in [0.2, 0.25) is 11.5 Å². The summed E-state index contributed by atoms with van der Waals surface area (Å²) in [5, 5.41) is 11.6. The average molecular weight is 309 g/mol. The third-order valence-electron chi connectivity index (χ3n) is 2.35. The van der Waals surface area contributed by atoms with Crippen molar-refractivity contribution in [2.75, 3.05) is 0 Å². The van der Waals surface area contributed by atoms with Gasteiger partial charge >= 0.3 is 12.4 Å². The summed E-state index contributed by atoms with van der Waals surface area (Å²) in [6.45, 7) is 0. The summed E-state index contributed by atoms with van der Waals surface area (Å²) in [4.78, 5) is 5.05. The van der Waals surface area contributed by atoms with E-state index in [9.17, 15) is 31.4 Å². The summed E-state index contributed by atoms with van der Waals surface area (Å²) >= 11 is 0. The van der Waals surface area contributed by atoms with Crippen LogP contribution in [0.3, 0.4) is 0 Å². The van der Waals surface area contributed by atoms with Crippen LogP contribution in [0.2, 0.25) is 0 Å². The second-order valence-corrected chi connectivity index (χ2v) is 3.83. The molecule has 0 N–H and O–H groups in total. The monoisotopic (exact) mass is 309 g/mol. The molecular weight excluding hydrogens is 304 g/mol. The SMILES string of the molecule is [O-]c1nc(C(F)(F)F)nc(C(F)(F)F)c1-[n+]1ccccc1. The Kier molecular flexibility index (Phi) is 3.47. The molecule has 4 nitrogen and oxygen atoms in total. The Labute approximate surface area is 113 Å². The van der Waals surface area contributed by atoms with Crippen LogP contribution in [-0.4, -0.2) is 9.97 Å². The van der Waals surface area contributed by atoms with E-state index in [4.69, 9.17) is 0 Å². The largest absolute Gasteiger partial charge is 0.854 e. The van der Waals surface area contributed by atoms with Gasteiger partial charge in [-0.25, -0.2) is 9.97 Å². The number of alkyl halides is 6. The maximum atomic E-state index is 12.9. The van der Waals surface area contributed by atoms with Crippen molar-refractivity contribution in [2.45, 2.75) is 12.4 Å². The zero-order chi connectivity index (χ0) is 15.8. The number of halogens is 6. The number of rotatable bonds is 1. The molecule has 0 bridgehead atoms. The van der Waals surface area contributed by atoms with Crippen LogP contribution in [0.15, 0.2) is 30.6 Å². The molecule has 0 unspecified atom stereocenters. The molecule has 0 aliphatic carbocycles. The van der Waals surface area contributed by atoms with Crippen LogP contribution >= 0.6 is 0 Å². The lowest BCUT2D eigenvalue weighted by Crippen LogP contribution is -2.36. The van der Waals surface area contributed by atoms with Gasteiger partial charge in [0.25, 0.3) is 5.69 Å². The van der Waals surface area contributed by atoms with Gasteiger partial charge in [-0.3, -0.25) is 0 Å². The van der Waals surface area contributed by atoms with Crippen molar-refractivity contribution in [3.63, 3.8) is 0 Å². The van der Waals surface area contributed by atoms with Gasteiger partial charge in [0.15, 0.2) is 12.4 Å². The van der Waals surface area contributed by atoms with Gasteiger partial charge < -0.3 is 5.11 Å². The summed E-state index contributed by atoms with van der Waals surface area (Å²) < 4.78 is 76.6. The minimum Gasteiger partial charge on any atom is -0.854 e. The first-order chi connectivity index (χ1) is 9.60. The predicted octanol–water partition coefficient (Wildman–Crippen LogP) is 1.86. The molecule has 0 saturated carbocycles. The molecule has 10 heteroatoms. The van der Waals surface area contributed by atoms with E-state index >= 15 is 0 Å². The van der Waals surface area contributed by atoms with E-state index in [1.54, 1.807) is 0 Å². The molecule has 112 valence electrons. The maximum Gasteiger partial charge on any atom is 0.451 e. The van der Waals surface area contributed by atoms with Crippen molar-refractivity contribution < 1.29 is 36.0 Å². The molecular formula is C11H5F6N3O. The second-order valence-electron chi connectivity index (χ2n) is 3.83. The first-order valence-electron chi connectivity index (χ1n) is 5.31. The number of nitrogens with zero attached hydrogens (tertiary/aromatic N) is 3. The van der Waals surface area contributed by atoms with Crippen molar-refractivity contribution in [1.29, 1.82) is 0 Å². The fraction of sp³-hybridized carbons (Fsp3) is 0.182. The fourth-order valence-electron chi connectivity index (χ4n) is 1.54. The van der Waals surface area contributed by atoms with Crippen molar-refractivity contribution in [3.05, 3.63) is 42.1 Å². The van der Waals surface area contributed by atoms with Gasteiger partial charge in [-0.05, 0) is 0 Å². The van der Waals surface area contributed by atoms with E-state index in [1.165, 1.54) is 18.2 Å². The fourth-order valence-corrected chi connectivity index (χ4v) is 1.54. The second kappa shape index (κ2) is 4.86. The molecule has 2 rings (SSSR count). The molecule has 0 fully saturated rings. The Morgan fingerprint density at radius 1 is 0.857 bits per heavy atom. The van der Waals surface area contributed by atoms with Crippen LogP contribution in [0.25, 0.3) is 5.69 Å². The standard InChI is InChI=1S/C11H5F6N3O/c12-10(13,14)7-6(20-4-2-1-3-5-20)8(21)19-9(18-7)11(15,16)17/h1-5H. The molecule has 0 aliphatic rings. The maximum absolute atomic E-state index is 12.9. The van der Waals surface area contributed by atoms with E-state index in [1.807, 2.05) is 0 Å². The van der Waals surface area contributed by atoms with Gasteiger partial charge in [-0.15, -0.1) is 0 Å². The zero-order valence-corrected chi connectivity index (χ0v) is 9.90. The molecule has 0 aromatic carbocycles. The lowest BCUT2D eigenvalue weighted by atomic mass is 10.3. The molecule has 0 radical (unpaired) electrons. The molecule has 21 heavy (non-hydrogen) atoms. The Morgan fingerprint density at radius 2 is 1.43 bits per heavy atom. The molecule has 2 aromatic rings. The van der Waals surface area contributed by atoms with E-state index < -0.39 is 35.4 Å². The predicted molar refractivity (Wildman–Crippen MR) is 53.0 cm³/mol. The molecule has 0 amide bonds. The summed E-state index contributed by atoms with van der Waals surface area (Å²) in [5.74, 6) is -3.79.